The number of benzene rings is 3. The quantitative estimate of drug-likeness (QED) is 0.408. The Kier molecular flexibility index (Phi) is 3.45. The molecule has 0 radical (unpaired) electrons. The topological polar surface area (TPSA) is 61.1 Å². The first-order valence-electron chi connectivity index (χ1n) is 8.84. The SMILES string of the molecule is COc1cc(CCN(C)C)c2ccc3cc4c(c5c(=O)oc1c2c35)OCO4. The number of fused-ring (bicyclic) bond motifs is 2. The predicted octanol–water partition coefficient (Wildman–Crippen LogP) is 3.38. The first kappa shape index (κ1) is 16.2. The van der Waals surface area contributed by atoms with Crippen LogP contribution in [0.1, 0.15) is 5.56 Å². The minimum absolute atomic E-state index is 0.105. The Bertz CT molecular complexity index is 1240. The number of hydrogen-bond donors (Lipinski definition) is 0. The van der Waals surface area contributed by atoms with Crippen LogP contribution < -0.4 is 19.8 Å². The molecule has 0 unspecified atom stereocenters. The van der Waals surface area contributed by atoms with Crippen molar-refractivity contribution in [3.8, 4) is 17.2 Å². The number of nitrogens with zero attached hydrogens (tertiary/aromatic N) is 1. The van der Waals surface area contributed by atoms with E-state index in [0.29, 0.717) is 28.2 Å². The van der Waals surface area contributed by atoms with Gasteiger partial charge in [-0.15, -0.1) is 0 Å². The van der Waals surface area contributed by atoms with Crippen molar-refractivity contribution < 1.29 is 18.6 Å². The summed E-state index contributed by atoms with van der Waals surface area (Å²) < 4.78 is 22.4. The van der Waals surface area contributed by atoms with Gasteiger partial charge in [0.25, 0.3) is 0 Å². The van der Waals surface area contributed by atoms with Crippen molar-refractivity contribution >= 4 is 32.5 Å². The van der Waals surface area contributed by atoms with Crippen LogP contribution in [0.3, 0.4) is 0 Å². The fraction of sp³-hybridized carbons (Fsp3) is 0.286. The second-order valence-electron chi connectivity index (χ2n) is 7.08. The molecule has 27 heavy (non-hydrogen) atoms. The van der Waals surface area contributed by atoms with E-state index in [9.17, 15) is 4.79 Å². The third kappa shape index (κ3) is 2.26. The highest BCUT2D eigenvalue weighted by atomic mass is 16.7. The smallest absolute Gasteiger partial charge is 0.348 e. The highest BCUT2D eigenvalue weighted by Gasteiger charge is 2.26. The Hall–Kier alpha value is -2.99. The van der Waals surface area contributed by atoms with E-state index in [4.69, 9.17) is 18.6 Å². The third-order valence-corrected chi connectivity index (χ3v) is 5.19. The molecular formula is C21H19NO5. The molecule has 4 aromatic rings. The van der Waals surface area contributed by atoms with Crippen LogP contribution in [0.2, 0.25) is 0 Å². The van der Waals surface area contributed by atoms with Crippen LogP contribution >= 0.6 is 0 Å². The molecular weight excluding hydrogens is 346 g/mol. The molecule has 0 spiro atoms. The zero-order chi connectivity index (χ0) is 18.7. The zero-order valence-corrected chi connectivity index (χ0v) is 15.4. The van der Waals surface area contributed by atoms with Crippen LogP contribution in [0.5, 0.6) is 17.2 Å². The van der Waals surface area contributed by atoms with Crippen molar-refractivity contribution in [2.24, 2.45) is 0 Å². The van der Waals surface area contributed by atoms with Crippen LogP contribution in [-0.4, -0.2) is 39.4 Å². The van der Waals surface area contributed by atoms with Gasteiger partial charge in [-0.25, -0.2) is 4.79 Å². The molecule has 5 rings (SSSR count). The molecule has 1 aliphatic rings. The summed E-state index contributed by atoms with van der Waals surface area (Å²) in [5, 5.41) is 4.16. The Morgan fingerprint density at radius 1 is 1.11 bits per heavy atom. The summed E-state index contributed by atoms with van der Waals surface area (Å²) in [6.07, 6.45) is 0.861. The summed E-state index contributed by atoms with van der Waals surface area (Å²) in [4.78, 5) is 15.0. The lowest BCUT2D eigenvalue weighted by Gasteiger charge is -2.17. The Balaban J connectivity index is 1.95. The first-order chi connectivity index (χ1) is 13.1. The van der Waals surface area contributed by atoms with Crippen molar-refractivity contribution in [1.29, 1.82) is 0 Å². The largest absolute Gasteiger partial charge is 0.493 e. The lowest BCUT2D eigenvalue weighted by atomic mass is 9.93. The normalized spacial score (nSPS) is 13.5. The number of methoxy groups -OCH3 is 1. The zero-order valence-electron chi connectivity index (χ0n) is 15.4. The highest BCUT2D eigenvalue weighted by Crippen LogP contribution is 2.46. The predicted molar refractivity (Wildman–Crippen MR) is 104 cm³/mol. The molecule has 1 aromatic heterocycles. The van der Waals surface area contributed by atoms with Crippen molar-refractivity contribution in [3.05, 3.63) is 40.2 Å². The molecule has 1 aliphatic heterocycles. The maximum atomic E-state index is 12.8. The van der Waals surface area contributed by atoms with Crippen LogP contribution in [-0.2, 0) is 6.42 Å². The van der Waals surface area contributed by atoms with E-state index in [1.807, 2.05) is 32.3 Å². The fourth-order valence-corrected chi connectivity index (χ4v) is 3.92. The number of ether oxygens (including phenoxy) is 3. The summed E-state index contributed by atoms with van der Waals surface area (Å²) in [7, 11) is 5.69. The van der Waals surface area contributed by atoms with E-state index < -0.39 is 5.63 Å². The second kappa shape index (κ2) is 5.76. The molecule has 138 valence electrons. The van der Waals surface area contributed by atoms with Gasteiger partial charge in [0.1, 0.15) is 5.39 Å². The summed E-state index contributed by atoms with van der Waals surface area (Å²) in [6.45, 7) is 1.01. The maximum absolute atomic E-state index is 12.8. The van der Waals surface area contributed by atoms with Crippen molar-refractivity contribution in [1.82, 2.24) is 4.90 Å². The van der Waals surface area contributed by atoms with Gasteiger partial charge in [0, 0.05) is 17.3 Å². The van der Waals surface area contributed by atoms with E-state index in [0.717, 1.165) is 40.1 Å². The van der Waals surface area contributed by atoms with Gasteiger partial charge in [-0.2, -0.15) is 0 Å². The third-order valence-electron chi connectivity index (χ3n) is 5.19. The summed E-state index contributed by atoms with van der Waals surface area (Å²) in [5.74, 6) is 1.61. The van der Waals surface area contributed by atoms with E-state index in [1.54, 1.807) is 7.11 Å². The van der Waals surface area contributed by atoms with Gasteiger partial charge in [0.15, 0.2) is 22.8 Å². The summed E-state index contributed by atoms with van der Waals surface area (Å²) in [5.41, 5.74) is 1.19. The molecule has 0 atom stereocenters. The Morgan fingerprint density at radius 3 is 2.74 bits per heavy atom. The van der Waals surface area contributed by atoms with E-state index in [2.05, 4.69) is 11.0 Å². The first-order valence-corrected chi connectivity index (χ1v) is 8.84. The van der Waals surface area contributed by atoms with Crippen molar-refractivity contribution in [2.75, 3.05) is 34.5 Å². The molecule has 6 nitrogen and oxygen atoms in total. The Labute approximate surface area is 155 Å². The molecule has 0 bridgehead atoms. The minimum Gasteiger partial charge on any atom is -0.493 e. The number of rotatable bonds is 4. The fourth-order valence-electron chi connectivity index (χ4n) is 3.92. The summed E-state index contributed by atoms with van der Waals surface area (Å²) in [6, 6.07) is 7.99. The molecule has 0 fully saturated rings. The average Bonchev–Trinajstić information content (AvgIpc) is 3.12. The van der Waals surface area contributed by atoms with Gasteiger partial charge in [0.2, 0.25) is 6.79 Å². The second-order valence-corrected chi connectivity index (χ2v) is 7.08. The molecule has 0 aliphatic carbocycles. The lowest BCUT2D eigenvalue weighted by molar-refractivity contribution is 0.174. The monoisotopic (exact) mass is 365 g/mol. The van der Waals surface area contributed by atoms with Crippen LogP contribution in [0.4, 0.5) is 0 Å². The highest BCUT2D eigenvalue weighted by molar-refractivity contribution is 6.24. The van der Waals surface area contributed by atoms with Crippen LogP contribution in [0.15, 0.2) is 33.5 Å². The van der Waals surface area contributed by atoms with E-state index in [1.165, 1.54) is 0 Å². The standard InChI is InChI=1S/C21H19NO5/c1-22(2)7-6-11-8-14(24-3)20-17-13(11)5-4-12-9-15-19(26-10-25-15)18(16(12)17)21(23)27-20/h4-5,8-9H,6-7,10H2,1-3H3. The van der Waals surface area contributed by atoms with Gasteiger partial charge >= 0.3 is 5.63 Å². The number of hydrogen-bond acceptors (Lipinski definition) is 6. The van der Waals surface area contributed by atoms with Gasteiger partial charge in [0.05, 0.1) is 7.11 Å². The maximum Gasteiger partial charge on any atom is 0.348 e. The van der Waals surface area contributed by atoms with Gasteiger partial charge in [-0.1, -0.05) is 12.1 Å². The van der Waals surface area contributed by atoms with Crippen LogP contribution in [0, 0.1) is 0 Å². The molecule has 0 amide bonds. The number of likely N-dealkylation sites (N-methyl/N-ethyl adjacent to an activating group) is 1. The molecule has 0 N–H and O–H groups in total. The molecule has 0 saturated carbocycles. The minimum atomic E-state index is -0.443. The molecule has 2 heterocycles. The molecule has 0 saturated heterocycles. The van der Waals surface area contributed by atoms with E-state index in [-0.39, 0.29) is 6.79 Å². The molecule has 6 heteroatoms. The lowest BCUT2D eigenvalue weighted by Crippen LogP contribution is -2.15. The summed E-state index contributed by atoms with van der Waals surface area (Å²) >= 11 is 0. The van der Waals surface area contributed by atoms with Gasteiger partial charge in [-0.05, 0) is 49.0 Å². The van der Waals surface area contributed by atoms with Crippen molar-refractivity contribution in [3.63, 3.8) is 0 Å². The van der Waals surface area contributed by atoms with Gasteiger partial charge in [-0.3, -0.25) is 0 Å². The van der Waals surface area contributed by atoms with Gasteiger partial charge < -0.3 is 23.5 Å². The van der Waals surface area contributed by atoms with Crippen LogP contribution in [0.25, 0.3) is 32.5 Å². The molecule has 3 aromatic carbocycles. The van der Waals surface area contributed by atoms with E-state index >= 15 is 0 Å². The van der Waals surface area contributed by atoms with Crippen molar-refractivity contribution in [2.45, 2.75) is 6.42 Å². The Morgan fingerprint density at radius 2 is 1.96 bits per heavy atom. The average molecular weight is 365 g/mol.